The van der Waals surface area contributed by atoms with Crippen LogP contribution in [0.2, 0.25) is 16.6 Å². The van der Waals surface area contributed by atoms with Crippen molar-refractivity contribution in [1.29, 1.82) is 0 Å². The molecule has 2 aromatic carbocycles. The molecule has 0 radical (unpaired) electrons. The summed E-state index contributed by atoms with van der Waals surface area (Å²) in [5, 5.41) is 0. The third-order valence-electron chi connectivity index (χ3n) is 7.14. The molecular formula is C29H39NO4Si. The minimum Gasteiger partial charge on any atom is -0.493 e. The van der Waals surface area contributed by atoms with Gasteiger partial charge in [-0.1, -0.05) is 84.0 Å². The maximum absolute atomic E-state index is 13.6. The highest BCUT2D eigenvalue weighted by atomic mass is 28.4. The second kappa shape index (κ2) is 11.4. The van der Waals surface area contributed by atoms with Crippen LogP contribution in [-0.4, -0.2) is 37.7 Å². The van der Waals surface area contributed by atoms with Crippen LogP contribution >= 0.6 is 0 Å². The number of rotatable bonds is 11. The van der Waals surface area contributed by atoms with Crippen molar-refractivity contribution in [3.05, 3.63) is 78.4 Å². The number of hydrogen-bond donors (Lipinski definition) is 0. The smallest absolute Gasteiger partial charge is 0.261 e. The molecule has 0 spiro atoms. The lowest BCUT2D eigenvalue weighted by Gasteiger charge is -2.52. The third kappa shape index (κ3) is 5.14. The molecule has 3 rings (SSSR count). The average molecular weight is 494 g/mol. The lowest BCUT2D eigenvalue weighted by Crippen LogP contribution is -2.66. The maximum atomic E-state index is 13.6. The largest absolute Gasteiger partial charge is 0.493 e. The first kappa shape index (κ1) is 26.9. The topological polar surface area (TPSA) is 55.8 Å². The molecule has 1 fully saturated rings. The van der Waals surface area contributed by atoms with E-state index in [1.54, 1.807) is 30.3 Å². The lowest BCUT2D eigenvalue weighted by atomic mass is 9.89. The van der Waals surface area contributed by atoms with E-state index >= 15 is 0 Å². The molecule has 35 heavy (non-hydrogen) atoms. The second-order valence-corrected chi connectivity index (χ2v) is 15.6. The Balaban J connectivity index is 2.07. The molecule has 0 bridgehead atoms. The Bertz CT molecular complexity index is 1010. The van der Waals surface area contributed by atoms with Crippen LogP contribution in [0.4, 0.5) is 0 Å². The van der Waals surface area contributed by atoms with Gasteiger partial charge in [0.15, 0.2) is 6.10 Å². The number of benzene rings is 2. The fraction of sp³-hybridized carbons (Fsp3) is 0.448. The van der Waals surface area contributed by atoms with Crippen LogP contribution in [0.5, 0.6) is 5.75 Å². The highest BCUT2D eigenvalue weighted by molar-refractivity contribution is 6.77. The Hall–Kier alpha value is -2.70. The molecule has 0 saturated carbocycles. The number of likely N-dealkylation sites (tertiary alicyclic amines) is 1. The Morgan fingerprint density at radius 1 is 0.971 bits per heavy atom. The van der Waals surface area contributed by atoms with E-state index < -0.39 is 20.5 Å². The van der Waals surface area contributed by atoms with Gasteiger partial charge in [0.25, 0.3) is 11.8 Å². The van der Waals surface area contributed by atoms with Gasteiger partial charge in [-0.3, -0.25) is 14.5 Å². The van der Waals surface area contributed by atoms with E-state index in [9.17, 15) is 9.59 Å². The fourth-order valence-electron chi connectivity index (χ4n) is 5.56. The predicted molar refractivity (Wildman–Crippen MR) is 143 cm³/mol. The van der Waals surface area contributed by atoms with Gasteiger partial charge in [0.1, 0.15) is 11.8 Å². The van der Waals surface area contributed by atoms with E-state index in [1.807, 2.05) is 30.3 Å². The molecule has 1 aliphatic rings. The summed E-state index contributed by atoms with van der Waals surface area (Å²) in [5.41, 5.74) is 2.22. The standard InChI is InChI=1S/C29H39NO4Si/c1-8-9-19-33-25-18-14-13-17-24(25)26-27(34-35(20(2)3,21(4)5)22(6)7)29(32)30(26)28(31)23-15-11-10-12-16-23/h8,10-18,20-22,26-27H,1,9,19H2,2-7H3/t26-,27+/m0/s1. The van der Waals surface area contributed by atoms with Gasteiger partial charge in [0, 0.05) is 11.1 Å². The summed E-state index contributed by atoms with van der Waals surface area (Å²) < 4.78 is 13.0. The molecule has 0 aromatic heterocycles. The van der Waals surface area contributed by atoms with Gasteiger partial charge in [-0.25, -0.2) is 0 Å². The molecule has 6 heteroatoms. The van der Waals surface area contributed by atoms with Gasteiger partial charge in [-0.15, -0.1) is 6.58 Å². The molecule has 2 amide bonds. The Labute approximate surface area is 211 Å². The number of carbonyl (C=O) groups excluding carboxylic acids is 2. The summed E-state index contributed by atoms with van der Waals surface area (Å²) in [7, 11) is -2.38. The van der Waals surface area contributed by atoms with Gasteiger partial charge in [0.05, 0.1) is 6.61 Å². The van der Waals surface area contributed by atoms with Crippen LogP contribution in [0, 0.1) is 0 Å². The van der Waals surface area contributed by atoms with Gasteiger partial charge in [-0.05, 0) is 41.2 Å². The minimum atomic E-state index is -2.38. The normalized spacial score (nSPS) is 18.2. The number of hydrogen-bond acceptors (Lipinski definition) is 4. The number of imide groups is 1. The highest BCUT2D eigenvalue weighted by Crippen LogP contribution is 2.49. The first-order valence-corrected chi connectivity index (χ1v) is 14.7. The number of ether oxygens (including phenoxy) is 1. The highest BCUT2D eigenvalue weighted by Gasteiger charge is 2.58. The Morgan fingerprint density at radius 2 is 1.54 bits per heavy atom. The molecule has 2 atom stereocenters. The van der Waals surface area contributed by atoms with Crippen molar-refractivity contribution in [1.82, 2.24) is 4.90 Å². The van der Waals surface area contributed by atoms with Gasteiger partial charge in [0.2, 0.25) is 8.32 Å². The van der Waals surface area contributed by atoms with Crippen molar-refractivity contribution >= 4 is 20.1 Å². The first-order valence-electron chi connectivity index (χ1n) is 12.6. The molecule has 0 unspecified atom stereocenters. The number of β-lactam (4-membered cyclic amide) rings is 1. The monoisotopic (exact) mass is 493 g/mol. The minimum absolute atomic E-state index is 0.274. The molecule has 0 aliphatic carbocycles. The average Bonchev–Trinajstić information content (AvgIpc) is 2.83. The summed E-state index contributed by atoms with van der Waals surface area (Å²) in [4.78, 5) is 28.5. The number of amides is 2. The van der Waals surface area contributed by atoms with E-state index in [1.165, 1.54) is 4.90 Å². The van der Waals surface area contributed by atoms with E-state index in [0.717, 1.165) is 5.56 Å². The summed E-state index contributed by atoms with van der Waals surface area (Å²) in [6, 6.07) is 16.0. The van der Waals surface area contributed by atoms with Crippen molar-refractivity contribution in [2.75, 3.05) is 6.61 Å². The zero-order chi connectivity index (χ0) is 25.8. The van der Waals surface area contributed by atoms with Gasteiger partial charge < -0.3 is 9.16 Å². The molecule has 2 aromatic rings. The summed E-state index contributed by atoms with van der Waals surface area (Å²) in [6.07, 6.45) is 1.79. The quantitative estimate of drug-likeness (QED) is 0.112. The third-order valence-corrected chi connectivity index (χ3v) is 13.2. The van der Waals surface area contributed by atoms with Crippen LogP contribution < -0.4 is 4.74 Å². The van der Waals surface area contributed by atoms with E-state index in [4.69, 9.17) is 9.16 Å². The molecule has 5 nitrogen and oxygen atoms in total. The zero-order valence-corrected chi connectivity index (χ0v) is 22.9. The molecule has 188 valence electrons. The van der Waals surface area contributed by atoms with Crippen molar-refractivity contribution in [2.45, 2.75) is 76.7 Å². The van der Waals surface area contributed by atoms with Crippen LogP contribution in [0.25, 0.3) is 0 Å². The molecular weight excluding hydrogens is 454 g/mol. The van der Waals surface area contributed by atoms with Crippen molar-refractivity contribution in [3.63, 3.8) is 0 Å². The molecule has 0 N–H and O–H groups in total. The lowest BCUT2D eigenvalue weighted by molar-refractivity contribution is -0.159. The van der Waals surface area contributed by atoms with Crippen molar-refractivity contribution in [2.24, 2.45) is 0 Å². The van der Waals surface area contributed by atoms with Gasteiger partial charge >= 0.3 is 0 Å². The van der Waals surface area contributed by atoms with E-state index in [0.29, 0.717) is 41.0 Å². The van der Waals surface area contributed by atoms with Crippen molar-refractivity contribution < 1.29 is 18.8 Å². The molecule has 1 saturated heterocycles. The Morgan fingerprint density at radius 3 is 2.11 bits per heavy atom. The van der Waals surface area contributed by atoms with Crippen LogP contribution in [-0.2, 0) is 9.22 Å². The van der Waals surface area contributed by atoms with Crippen molar-refractivity contribution in [3.8, 4) is 5.75 Å². The van der Waals surface area contributed by atoms with E-state index in [2.05, 4.69) is 48.1 Å². The Kier molecular flexibility index (Phi) is 8.73. The van der Waals surface area contributed by atoms with Crippen LogP contribution in [0.1, 0.15) is 69.9 Å². The summed E-state index contributed by atoms with van der Waals surface area (Å²) >= 11 is 0. The second-order valence-electron chi connectivity index (χ2n) is 10.1. The first-order chi connectivity index (χ1) is 16.7. The SMILES string of the molecule is C=CCCOc1ccccc1[C@H]1[C@@H](O[Si](C(C)C)(C(C)C)C(C)C)C(=O)N1C(=O)c1ccccc1. The van der Waals surface area contributed by atoms with Crippen LogP contribution in [0.3, 0.4) is 0 Å². The maximum Gasteiger partial charge on any atom is 0.261 e. The predicted octanol–water partition coefficient (Wildman–Crippen LogP) is 6.93. The number of carbonyl (C=O) groups is 2. The van der Waals surface area contributed by atoms with E-state index in [-0.39, 0.29) is 11.8 Å². The van der Waals surface area contributed by atoms with Crippen LogP contribution in [0.15, 0.2) is 67.3 Å². The molecule has 1 heterocycles. The number of para-hydroxylation sites is 1. The fourth-order valence-corrected chi connectivity index (χ4v) is 11.0. The molecule has 1 aliphatic heterocycles. The van der Waals surface area contributed by atoms with Gasteiger partial charge in [-0.2, -0.15) is 0 Å². The summed E-state index contributed by atoms with van der Waals surface area (Å²) in [5.74, 6) is 0.0769. The summed E-state index contributed by atoms with van der Waals surface area (Å²) in [6.45, 7) is 17.4. The zero-order valence-electron chi connectivity index (χ0n) is 21.9. The number of nitrogens with zero attached hydrogens (tertiary/aromatic N) is 1.